The van der Waals surface area contributed by atoms with Crippen molar-refractivity contribution in [3.63, 3.8) is 0 Å². The van der Waals surface area contributed by atoms with Crippen LogP contribution in [0.4, 0.5) is 4.39 Å². The molecule has 25 heavy (non-hydrogen) atoms. The molecule has 6 heteroatoms. The third-order valence-electron chi connectivity index (χ3n) is 3.77. The zero-order chi connectivity index (χ0) is 17.2. The van der Waals surface area contributed by atoms with Crippen molar-refractivity contribution in [2.24, 2.45) is 0 Å². The molecular formula is C19H13ClFN3S. The van der Waals surface area contributed by atoms with Crippen LogP contribution in [0.3, 0.4) is 0 Å². The van der Waals surface area contributed by atoms with Crippen molar-refractivity contribution in [2.75, 3.05) is 0 Å². The second-order valence-electron chi connectivity index (χ2n) is 5.50. The van der Waals surface area contributed by atoms with E-state index in [9.17, 15) is 4.39 Å². The Hall–Kier alpha value is -2.37. The molecule has 0 aliphatic rings. The first-order valence-electron chi connectivity index (χ1n) is 7.67. The first-order chi connectivity index (χ1) is 12.2. The van der Waals surface area contributed by atoms with Crippen molar-refractivity contribution in [1.29, 1.82) is 0 Å². The average Bonchev–Trinajstić information content (AvgIpc) is 3.05. The second kappa shape index (κ2) is 6.86. The Morgan fingerprint density at radius 2 is 2.00 bits per heavy atom. The van der Waals surface area contributed by atoms with Gasteiger partial charge in [0, 0.05) is 21.9 Å². The summed E-state index contributed by atoms with van der Waals surface area (Å²) in [5.41, 5.74) is 3.24. The molecule has 0 spiro atoms. The zero-order valence-corrected chi connectivity index (χ0v) is 14.6. The lowest BCUT2D eigenvalue weighted by Crippen LogP contribution is -1.87. The quantitative estimate of drug-likeness (QED) is 0.468. The van der Waals surface area contributed by atoms with Gasteiger partial charge in [-0.25, -0.2) is 9.37 Å². The Bertz CT molecular complexity index is 1030. The summed E-state index contributed by atoms with van der Waals surface area (Å²) >= 11 is 7.36. The van der Waals surface area contributed by atoms with E-state index in [4.69, 9.17) is 11.6 Å². The molecule has 2 aromatic carbocycles. The highest BCUT2D eigenvalue weighted by Gasteiger charge is 2.08. The molecule has 0 atom stereocenters. The number of halogens is 2. The van der Waals surface area contributed by atoms with Crippen LogP contribution in [-0.2, 0) is 5.75 Å². The predicted molar refractivity (Wildman–Crippen MR) is 100 cm³/mol. The number of aromatic amines is 1. The standard InChI is InChI=1S/C19H13ClFN3S/c20-13-5-4-12(15(21)9-13)11-25-14-6-7-16-18(10-14)24-19(23-16)17-3-1-2-8-22-17/h1-10H,11H2,(H,23,24). The lowest BCUT2D eigenvalue weighted by molar-refractivity contribution is 0.617. The van der Waals surface area contributed by atoms with Crippen LogP contribution < -0.4 is 0 Å². The van der Waals surface area contributed by atoms with Crippen molar-refractivity contribution in [3.8, 4) is 11.5 Å². The van der Waals surface area contributed by atoms with Gasteiger partial charge < -0.3 is 4.98 Å². The van der Waals surface area contributed by atoms with Crippen LogP contribution in [-0.4, -0.2) is 15.0 Å². The molecule has 0 radical (unpaired) electrons. The number of nitrogens with zero attached hydrogens (tertiary/aromatic N) is 2. The van der Waals surface area contributed by atoms with Crippen LogP contribution in [0.2, 0.25) is 5.02 Å². The molecule has 0 bridgehead atoms. The highest BCUT2D eigenvalue weighted by atomic mass is 35.5. The van der Waals surface area contributed by atoms with Gasteiger partial charge in [0.25, 0.3) is 0 Å². The molecule has 124 valence electrons. The summed E-state index contributed by atoms with van der Waals surface area (Å²) in [5, 5.41) is 0.409. The summed E-state index contributed by atoms with van der Waals surface area (Å²) < 4.78 is 13.9. The SMILES string of the molecule is Fc1cc(Cl)ccc1CSc1ccc2nc(-c3ccccn3)[nH]c2c1. The van der Waals surface area contributed by atoms with E-state index in [1.807, 2.05) is 36.4 Å². The molecule has 0 saturated carbocycles. The number of imidazole rings is 1. The molecule has 0 unspecified atom stereocenters. The van der Waals surface area contributed by atoms with Gasteiger partial charge in [0.1, 0.15) is 11.5 Å². The van der Waals surface area contributed by atoms with E-state index in [1.165, 1.54) is 6.07 Å². The van der Waals surface area contributed by atoms with Crippen molar-refractivity contribution < 1.29 is 4.39 Å². The summed E-state index contributed by atoms with van der Waals surface area (Å²) in [7, 11) is 0. The molecule has 4 rings (SSSR count). The van der Waals surface area contributed by atoms with E-state index < -0.39 is 0 Å². The Morgan fingerprint density at radius 3 is 2.80 bits per heavy atom. The van der Waals surface area contributed by atoms with Crippen LogP contribution in [0.1, 0.15) is 5.56 Å². The Balaban J connectivity index is 1.57. The number of H-pyrrole nitrogens is 1. The van der Waals surface area contributed by atoms with Crippen LogP contribution in [0, 0.1) is 5.82 Å². The molecule has 2 heterocycles. The zero-order valence-electron chi connectivity index (χ0n) is 13.0. The van der Waals surface area contributed by atoms with Gasteiger partial charge in [-0.2, -0.15) is 0 Å². The van der Waals surface area contributed by atoms with Gasteiger partial charge in [-0.1, -0.05) is 23.7 Å². The van der Waals surface area contributed by atoms with Crippen molar-refractivity contribution >= 4 is 34.4 Å². The van der Waals surface area contributed by atoms with Crippen LogP contribution >= 0.6 is 23.4 Å². The smallest absolute Gasteiger partial charge is 0.157 e. The number of rotatable bonds is 4. The fraction of sp³-hybridized carbons (Fsp3) is 0.0526. The molecule has 0 fully saturated rings. The largest absolute Gasteiger partial charge is 0.337 e. The van der Waals surface area contributed by atoms with Crippen molar-refractivity contribution in [2.45, 2.75) is 10.6 Å². The van der Waals surface area contributed by atoms with Crippen molar-refractivity contribution in [3.05, 3.63) is 77.2 Å². The normalized spacial score (nSPS) is 11.1. The second-order valence-corrected chi connectivity index (χ2v) is 6.99. The summed E-state index contributed by atoms with van der Waals surface area (Å²) in [5.74, 6) is 0.997. The van der Waals surface area contributed by atoms with Crippen LogP contribution in [0.5, 0.6) is 0 Å². The van der Waals surface area contributed by atoms with Gasteiger partial charge >= 0.3 is 0 Å². The van der Waals surface area contributed by atoms with E-state index in [-0.39, 0.29) is 5.82 Å². The Labute approximate surface area is 153 Å². The van der Waals surface area contributed by atoms with E-state index >= 15 is 0 Å². The number of benzene rings is 2. The topological polar surface area (TPSA) is 41.6 Å². The molecule has 3 nitrogen and oxygen atoms in total. The fourth-order valence-electron chi connectivity index (χ4n) is 2.50. The van der Waals surface area contributed by atoms with E-state index in [0.29, 0.717) is 16.3 Å². The van der Waals surface area contributed by atoms with E-state index in [2.05, 4.69) is 15.0 Å². The Morgan fingerprint density at radius 1 is 1.08 bits per heavy atom. The number of fused-ring (bicyclic) bond motifs is 1. The maximum Gasteiger partial charge on any atom is 0.157 e. The maximum absolute atomic E-state index is 13.9. The van der Waals surface area contributed by atoms with Gasteiger partial charge in [-0.15, -0.1) is 11.8 Å². The highest BCUT2D eigenvalue weighted by Crippen LogP contribution is 2.28. The van der Waals surface area contributed by atoms with E-state index in [0.717, 1.165) is 27.4 Å². The highest BCUT2D eigenvalue weighted by molar-refractivity contribution is 7.98. The van der Waals surface area contributed by atoms with Gasteiger partial charge in [-0.05, 0) is 48.0 Å². The number of aromatic nitrogens is 3. The number of pyridine rings is 1. The van der Waals surface area contributed by atoms with Crippen LogP contribution in [0.15, 0.2) is 65.7 Å². The molecular weight excluding hydrogens is 357 g/mol. The first-order valence-corrected chi connectivity index (χ1v) is 9.03. The van der Waals surface area contributed by atoms with Crippen LogP contribution in [0.25, 0.3) is 22.6 Å². The predicted octanol–water partition coefficient (Wildman–Crippen LogP) is 5.71. The third-order valence-corrected chi connectivity index (χ3v) is 5.05. The summed E-state index contributed by atoms with van der Waals surface area (Å²) in [4.78, 5) is 13.2. The molecule has 0 saturated heterocycles. The molecule has 2 aromatic heterocycles. The van der Waals surface area contributed by atoms with Gasteiger partial charge in [0.05, 0.1) is 11.0 Å². The monoisotopic (exact) mass is 369 g/mol. The van der Waals surface area contributed by atoms with E-state index in [1.54, 1.807) is 30.1 Å². The minimum atomic E-state index is -0.278. The fourth-order valence-corrected chi connectivity index (χ4v) is 3.58. The maximum atomic E-state index is 13.9. The molecule has 0 aliphatic carbocycles. The van der Waals surface area contributed by atoms with Crippen molar-refractivity contribution in [1.82, 2.24) is 15.0 Å². The number of hydrogen-bond acceptors (Lipinski definition) is 3. The number of hydrogen-bond donors (Lipinski definition) is 1. The average molecular weight is 370 g/mol. The summed E-state index contributed by atoms with van der Waals surface area (Å²) in [6.45, 7) is 0. The summed E-state index contributed by atoms with van der Waals surface area (Å²) in [6.07, 6.45) is 1.74. The Kier molecular flexibility index (Phi) is 4.42. The lowest BCUT2D eigenvalue weighted by Gasteiger charge is -2.04. The third kappa shape index (κ3) is 3.52. The first kappa shape index (κ1) is 16.1. The van der Waals surface area contributed by atoms with Gasteiger partial charge in [0.2, 0.25) is 0 Å². The summed E-state index contributed by atoms with van der Waals surface area (Å²) in [6, 6.07) is 16.5. The minimum Gasteiger partial charge on any atom is -0.337 e. The number of thioether (sulfide) groups is 1. The minimum absolute atomic E-state index is 0.278. The molecule has 0 amide bonds. The molecule has 4 aromatic rings. The molecule has 1 N–H and O–H groups in total. The molecule has 0 aliphatic heterocycles. The van der Waals surface area contributed by atoms with Gasteiger partial charge in [-0.3, -0.25) is 4.98 Å². The lowest BCUT2D eigenvalue weighted by atomic mass is 10.2. The van der Waals surface area contributed by atoms with Gasteiger partial charge in [0.15, 0.2) is 5.82 Å². The number of nitrogens with one attached hydrogen (secondary N) is 1.